The molecule has 0 spiro atoms. The van der Waals surface area contributed by atoms with E-state index in [1.54, 1.807) is 36.7 Å². The van der Waals surface area contributed by atoms with Crippen molar-refractivity contribution < 1.29 is 9.94 Å². The summed E-state index contributed by atoms with van der Waals surface area (Å²) in [6.07, 6.45) is 3.32. The Bertz CT molecular complexity index is 568. The fourth-order valence-electron chi connectivity index (χ4n) is 1.52. The van der Waals surface area contributed by atoms with Crippen LogP contribution in [0.15, 0.2) is 47.9 Å². The van der Waals surface area contributed by atoms with Gasteiger partial charge >= 0.3 is 0 Å². The number of nitrogens with zero attached hydrogens (tertiary/aromatic N) is 2. The first kappa shape index (κ1) is 11.9. The zero-order valence-corrected chi connectivity index (χ0v) is 9.87. The number of hydrogen-bond donors (Lipinski definition) is 2. The molecule has 92 valence electrons. The van der Waals surface area contributed by atoms with Crippen LogP contribution in [0.4, 0.5) is 0 Å². The third-order valence-corrected chi connectivity index (χ3v) is 2.44. The van der Waals surface area contributed by atoms with Gasteiger partial charge in [-0.05, 0) is 42.8 Å². The fourth-order valence-corrected chi connectivity index (χ4v) is 1.52. The molecule has 5 heteroatoms. The zero-order chi connectivity index (χ0) is 13.0. The van der Waals surface area contributed by atoms with Crippen LogP contribution in [0.2, 0.25) is 0 Å². The first-order valence-corrected chi connectivity index (χ1v) is 5.37. The van der Waals surface area contributed by atoms with Gasteiger partial charge in [0.15, 0.2) is 5.84 Å². The van der Waals surface area contributed by atoms with Crippen molar-refractivity contribution in [3.05, 3.63) is 53.9 Å². The Morgan fingerprint density at radius 3 is 2.83 bits per heavy atom. The lowest BCUT2D eigenvalue weighted by molar-refractivity contribution is 0.318. The van der Waals surface area contributed by atoms with Gasteiger partial charge in [-0.25, -0.2) is 0 Å². The van der Waals surface area contributed by atoms with Crippen molar-refractivity contribution in [3.8, 4) is 11.5 Å². The minimum atomic E-state index is 0.0750. The maximum atomic E-state index is 8.61. The van der Waals surface area contributed by atoms with Crippen LogP contribution in [-0.2, 0) is 0 Å². The van der Waals surface area contributed by atoms with E-state index in [1.807, 2.05) is 13.0 Å². The van der Waals surface area contributed by atoms with Crippen LogP contribution in [0.5, 0.6) is 11.5 Å². The summed E-state index contributed by atoms with van der Waals surface area (Å²) in [5.74, 6) is 1.45. The molecular formula is C13H13N3O2. The molecule has 1 aromatic heterocycles. The molecule has 3 N–H and O–H groups in total. The highest BCUT2D eigenvalue weighted by molar-refractivity contribution is 5.97. The summed E-state index contributed by atoms with van der Waals surface area (Å²) in [6, 6.07) is 8.92. The normalized spacial score (nSPS) is 11.3. The first-order chi connectivity index (χ1) is 8.70. The van der Waals surface area contributed by atoms with Crippen molar-refractivity contribution in [1.29, 1.82) is 0 Å². The fraction of sp³-hybridized carbons (Fsp3) is 0.0769. The number of amidine groups is 1. The van der Waals surface area contributed by atoms with Crippen LogP contribution in [0.1, 0.15) is 11.1 Å². The number of nitrogens with two attached hydrogens (primary N) is 1. The predicted octanol–water partition coefficient (Wildman–Crippen LogP) is 2.28. The smallest absolute Gasteiger partial charge is 0.170 e. The number of aromatic nitrogens is 1. The standard InChI is InChI=1S/C13H13N3O2/c1-9-7-10(13(14)16-17)4-5-12(9)18-11-3-2-6-15-8-11/h2-8,17H,1H3,(H2,14,16). The first-order valence-electron chi connectivity index (χ1n) is 5.37. The van der Waals surface area contributed by atoms with Gasteiger partial charge in [-0.15, -0.1) is 0 Å². The molecule has 0 unspecified atom stereocenters. The summed E-state index contributed by atoms with van der Waals surface area (Å²) >= 11 is 0. The summed E-state index contributed by atoms with van der Waals surface area (Å²) in [5, 5.41) is 11.6. The van der Waals surface area contributed by atoms with E-state index in [4.69, 9.17) is 15.7 Å². The van der Waals surface area contributed by atoms with E-state index in [2.05, 4.69) is 10.1 Å². The highest BCUT2D eigenvalue weighted by Crippen LogP contribution is 2.24. The van der Waals surface area contributed by atoms with Gasteiger partial charge < -0.3 is 15.7 Å². The van der Waals surface area contributed by atoms with E-state index in [0.29, 0.717) is 17.1 Å². The number of benzene rings is 1. The van der Waals surface area contributed by atoms with E-state index in [9.17, 15) is 0 Å². The van der Waals surface area contributed by atoms with Gasteiger partial charge in [-0.2, -0.15) is 0 Å². The van der Waals surface area contributed by atoms with Crippen molar-refractivity contribution >= 4 is 5.84 Å². The quantitative estimate of drug-likeness (QED) is 0.375. The number of oxime groups is 1. The zero-order valence-electron chi connectivity index (χ0n) is 9.87. The highest BCUT2D eigenvalue weighted by Gasteiger charge is 2.05. The highest BCUT2D eigenvalue weighted by atomic mass is 16.5. The molecule has 0 bridgehead atoms. The van der Waals surface area contributed by atoms with Crippen LogP contribution in [0, 0.1) is 6.92 Å². The van der Waals surface area contributed by atoms with Crippen LogP contribution in [0.3, 0.4) is 0 Å². The van der Waals surface area contributed by atoms with Gasteiger partial charge in [0.25, 0.3) is 0 Å². The number of hydrogen-bond acceptors (Lipinski definition) is 4. The molecule has 0 radical (unpaired) electrons. The summed E-state index contributed by atoms with van der Waals surface area (Å²) in [6.45, 7) is 1.89. The lowest BCUT2D eigenvalue weighted by atomic mass is 10.1. The number of ether oxygens (including phenoxy) is 1. The molecule has 0 aliphatic carbocycles. The van der Waals surface area contributed by atoms with E-state index >= 15 is 0 Å². The molecule has 2 aromatic rings. The van der Waals surface area contributed by atoms with Crippen LogP contribution in [-0.4, -0.2) is 16.0 Å². The van der Waals surface area contributed by atoms with E-state index < -0.39 is 0 Å². The second-order valence-electron chi connectivity index (χ2n) is 3.76. The summed E-state index contributed by atoms with van der Waals surface area (Å²) in [7, 11) is 0. The Morgan fingerprint density at radius 1 is 1.39 bits per heavy atom. The third kappa shape index (κ3) is 2.57. The lowest BCUT2D eigenvalue weighted by Gasteiger charge is -2.09. The average molecular weight is 243 g/mol. The predicted molar refractivity (Wildman–Crippen MR) is 68.0 cm³/mol. The number of pyridine rings is 1. The van der Waals surface area contributed by atoms with Crippen molar-refractivity contribution in [3.63, 3.8) is 0 Å². The van der Waals surface area contributed by atoms with Crippen LogP contribution in [0.25, 0.3) is 0 Å². The van der Waals surface area contributed by atoms with E-state index in [1.165, 1.54) is 0 Å². The third-order valence-electron chi connectivity index (χ3n) is 2.44. The number of rotatable bonds is 3. The van der Waals surface area contributed by atoms with Crippen LogP contribution < -0.4 is 10.5 Å². The van der Waals surface area contributed by atoms with Crippen molar-refractivity contribution in [2.75, 3.05) is 0 Å². The Hall–Kier alpha value is -2.56. The molecule has 0 saturated carbocycles. The maximum absolute atomic E-state index is 8.61. The van der Waals surface area contributed by atoms with Gasteiger partial charge in [0.05, 0.1) is 6.20 Å². The minimum absolute atomic E-state index is 0.0750. The Balaban J connectivity index is 2.26. The largest absolute Gasteiger partial charge is 0.455 e. The van der Waals surface area contributed by atoms with Crippen molar-refractivity contribution in [2.24, 2.45) is 10.9 Å². The molecule has 2 rings (SSSR count). The van der Waals surface area contributed by atoms with Crippen molar-refractivity contribution in [2.45, 2.75) is 6.92 Å². The monoisotopic (exact) mass is 243 g/mol. The molecule has 0 aliphatic rings. The lowest BCUT2D eigenvalue weighted by Crippen LogP contribution is -2.13. The molecule has 0 saturated heterocycles. The average Bonchev–Trinajstić information content (AvgIpc) is 2.41. The second-order valence-corrected chi connectivity index (χ2v) is 3.76. The Labute approximate surface area is 105 Å². The maximum Gasteiger partial charge on any atom is 0.170 e. The SMILES string of the molecule is Cc1cc(/C(N)=N/O)ccc1Oc1cccnc1. The Kier molecular flexibility index (Phi) is 3.43. The van der Waals surface area contributed by atoms with E-state index in [-0.39, 0.29) is 5.84 Å². The van der Waals surface area contributed by atoms with Crippen molar-refractivity contribution in [1.82, 2.24) is 4.98 Å². The van der Waals surface area contributed by atoms with Gasteiger partial charge in [0.1, 0.15) is 11.5 Å². The summed E-state index contributed by atoms with van der Waals surface area (Å²) < 4.78 is 5.67. The number of aryl methyl sites for hydroxylation is 1. The molecule has 1 aromatic carbocycles. The van der Waals surface area contributed by atoms with Gasteiger partial charge in [-0.1, -0.05) is 5.16 Å². The van der Waals surface area contributed by atoms with Gasteiger partial charge in [0, 0.05) is 11.8 Å². The molecule has 0 fully saturated rings. The van der Waals surface area contributed by atoms with Gasteiger partial charge in [-0.3, -0.25) is 4.98 Å². The Morgan fingerprint density at radius 2 is 2.22 bits per heavy atom. The molecule has 1 heterocycles. The molecule has 5 nitrogen and oxygen atoms in total. The minimum Gasteiger partial charge on any atom is -0.455 e. The van der Waals surface area contributed by atoms with Crippen LogP contribution >= 0.6 is 0 Å². The second kappa shape index (κ2) is 5.18. The summed E-state index contributed by atoms with van der Waals surface area (Å²) in [5.41, 5.74) is 7.05. The summed E-state index contributed by atoms with van der Waals surface area (Å²) in [4.78, 5) is 3.97. The van der Waals surface area contributed by atoms with E-state index in [0.717, 1.165) is 5.56 Å². The molecular weight excluding hydrogens is 230 g/mol. The molecule has 0 aliphatic heterocycles. The topological polar surface area (TPSA) is 80.7 Å². The molecule has 0 amide bonds. The molecule has 18 heavy (non-hydrogen) atoms. The van der Waals surface area contributed by atoms with Gasteiger partial charge in [0.2, 0.25) is 0 Å². The molecule has 0 atom stereocenters.